The van der Waals surface area contributed by atoms with Gasteiger partial charge in [-0.25, -0.2) is 8.42 Å². The van der Waals surface area contributed by atoms with Crippen molar-refractivity contribution in [3.05, 3.63) is 59.7 Å². The molecule has 0 aliphatic rings. The molecule has 0 unspecified atom stereocenters. The third-order valence-electron chi connectivity index (χ3n) is 3.85. The molecule has 0 spiro atoms. The monoisotopic (exact) mass is 387 g/mol. The van der Waals surface area contributed by atoms with E-state index >= 15 is 0 Å². The van der Waals surface area contributed by atoms with Crippen LogP contribution < -0.4 is 14.4 Å². The lowest BCUT2D eigenvalue weighted by molar-refractivity contribution is -0.120. The van der Waals surface area contributed by atoms with Crippen LogP contribution in [0.4, 0.5) is 5.69 Å². The normalized spacial score (nSPS) is 10.7. The number of anilines is 1. The van der Waals surface area contributed by atoms with E-state index in [0.717, 1.165) is 11.8 Å². The maximum absolute atomic E-state index is 12.1. The minimum atomic E-state index is -3.52. The molecule has 0 saturated heterocycles. The summed E-state index contributed by atoms with van der Waals surface area (Å²) in [6.45, 7) is 0.265. The number of nitrogens with one attached hydrogen (secondary N) is 1. The van der Waals surface area contributed by atoms with Gasteiger partial charge in [-0.05, 0) is 42.0 Å². The number of carbonyl (C=O) groups excluding carboxylic acids is 1. The van der Waals surface area contributed by atoms with E-state index in [9.17, 15) is 13.2 Å². The van der Waals surface area contributed by atoms with Crippen molar-refractivity contribution in [3.63, 3.8) is 0 Å². The molecule has 0 aromatic heterocycles. The lowest BCUT2D eigenvalue weighted by Gasteiger charge is -2.22. The highest BCUT2D eigenvalue weighted by Gasteiger charge is 2.17. The van der Waals surface area contributed by atoms with Gasteiger partial charge in [-0.1, -0.05) is 12.1 Å². The molecular weight excluding hydrogens is 366 g/mol. The zero-order valence-corrected chi connectivity index (χ0v) is 16.0. The van der Waals surface area contributed by atoms with E-state index in [2.05, 4.69) is 5.32 Å². The van der Waals surface area contributed by atoms with E-state index in [1.54, 1.807) is 55.6 Å². The van der Waals surface area contributed by atoms with Crippen LogP contribution in [0.3, 0.4) is 0 Å². The summed E-state index contributed by atoms with van der Waals surface area (Å²) in [6, 6.07) is 15.4. The summed E-state index contributed by atoms with van der Waals surface area (Å²) in [5.74, 6) is 0.513. The Balaban J connectivity index is 1.94. The van der Waals surface area contributed by atoms with Gasteiger partial charge in [0.25, 0.3) is 0 Å². The van der Waals surface area contributed by atoms with Gasteiger partial charge in [0, 0.05) is 6.54 Å². The highest BCUT2D eigenvalue weighted by molar-refractivity contribution is 7.92. The molecule has 0 bridgehead atoms. The quantitative estimate of drug-likeness (QED) is 0.743. The van der Waals surface area contributed by atoms with Crippen LogP contribution in [0.25, 0.3) is 0 Å². The van der Waals surface area contributed by atoms with E-state index in [0.29, 0.717) is 17.0 Å². The molecule has 0 saturated carbocycles. The third-order valence-corrected chi connectivity index (χ3v) is 5.04. The minimum absolute atomic E-state index is 0.0963. The first-order chi connectivity index (χ1) is 12.8. The van der Waals surface area contributed by atoms with Crippen LogP contribution in [0.5, 0.6) is 5.75 Å². The van der Waals surface area contributed by atoms with Crippen LogP contribution in [-0.2, 0) is 21.2 Å². The van der Waals surface area contributed by atoms with Gasteiger partial charge in [-0.2, -0.15) is 5.26 Å². The van der Waals surface area contributed by atoms with Crippen LogP contribution in [0.1, 0.15) is 11.1 Å². The number of carbonyl (C=O) groups is 1. The van der Waals surface area contributed by atoms with Crippen LogP contribution in [0, 0.1) is 11.3 Å². The average Bonchev–Trinajstić information content (AvgIpc) is 2.65. The van der Waals surface area contributed by atoms with Gasteiger partial charge in [0.15, 0.2) is 0 Å². The van der Waals surface area contributed by atoms with Crippen molar-refractivity contribution in [1.82, 2.24) is 5.32 Å². The molecular formula is C19H21N3O4S. The number of nitriles is 1. The number of sulfonamides is 1. The SMILES string of the molecule is COc1ccc(CC(=O)NCCN(c2ccc(C#N)cc2)S(C)(=O)=O)cc1. The second kappa shape index (κ2) is 9.05. The second-order valence-corrected chi connectivity index (χ2v) is 7.78. The highest BCUT2D eigenvalue weighted by Crippen LogP contribution is 2.17. The number of rotatable bonds is 8. The van der Waals surface area contributed by atoms with Crippen molar-refractivity contribution in [2.24, 2.45) is 0 Å². The molecule has 1 N–H and O–H groups in total. The standard InChI is InChI=1S/C19H21N3O4S/c1-26-18-9-5-15(6-10-18)13-19(23)21-11-12-22(27(2,24)25)17-7-3-16(14-20)4-8-17/h3-10H,11-13H2,1-2H3,(H,21,23). The molecule has 8 heteroatoms. The Morgan fingerprint density at radius 1 is 1.15 bits per heavy atom. The van der Waals surface area contributed by atoms with E-state index in [1.807, 2.05) is 6.07 Å². The first kappa shape index (κ1) is 20.3. The Labute approximate surface area is 159 Å². The zero-order valence-electron chi connectivity index (χ0n) is 15.2. The zero-order chi connectivity index (χ0) is 19.9. The number of methoxy groups -OCH3 is 1. The fourth-order valence-corrected chi connectivity index (χ4v) is 3.40. The fourth-order valence-electron chi connectivity index (χ4n) is 2.48. The number of hydrogen-bond donors (Lipinski definition) is 1. The molecule has 0 fully saturated rings. The summed E-state index contributed by atoms with van der Waals surface area (Å²) in [7, 11) is -1.94. The largest absolute Gasteiger partial charge is 0.497 e. The van der Waals surface area contributed by atoms with Gasteiger partial charge in [0.2, 0.25) is 15.9 Å². The van der Waals surface area contributed by atoms with E-state index in [4.69, 9.17) is 10.00 Å². The number of ether oxygens (including phenoxy) is 1. The van der Waals surface area contributed by atoms with Crippen LogP contribution in [0.15, 0.2) is 48.5 Å². The number of nitrogens with zero attached hydrogens (tertiary/aromatic N) is 2. The van der Waals surface area contributed by atoms with E-state index < -0.39 is 10.0 Å². The minimum Gasteiger partial charge on any atom is -0.497 e. The summed E-state index contributed by atoms with van der Waals surface area (Å²) in [6.07, 6.45) is 1.30. The van der Waals surface area contributed by atoms with Crippen molar-refractivity contribution in [2.75, 3.05) is 30.8 Å². The molecule has 2 aromatic carbocycles. The first-order valence-corrected chi connectivity index (χ1v) is 10.1. The number of benzene rings is 2. The predicted molar refractivity (Wildman–Crippen MR) is 103 cm³/mol. The van der Waals surface area contributed by atoms with Crippen molar-refractivity contribution >= 4 is 21.6 Å². The summed E-state index contributed by atoms with van der Waals surface area (Å²) >= 11 is 0. The van der Waals surface area contributed by atoms with Crippen molar-refractivity contribution in [3.8, 4) is 11.8 Å². The lowest BCUT2D eigenvalue weighted by atomic mass is 10.1. The molecule has 0 aliphatic heterocycles. The van der Waals surface area contributed by atoms with Crippen LogP contribution in [-0.4, -0.2) is 40.8 Å². The van der Waals surface area contributed by atoms with Gasteiger partial charge in [-0.15, -0.1) is 0 Å². The van der Waals surface area contributed by atoms with Crippen LogP contribution in [0.2, 0.25) is 0 Å². The van der Waals surface area contributed by atoms with Gasteiger partial charge in [0.05, 0.1) is 43.7 Å². The van der Waals surface area contributed by atoms with Crippen molar-refractivity contribution < 1.29 is 17.9 Å². The fraction of sp³-hybridized carbons (Fsp3) is 0.263. The molecule has 7 nitrogen and oxygen atoms in total. The van der Waals surface area contributed by atoms with Gasteiger partial charge >= 0.3 is 0 Å². The summed E-state index contributed by atoms with van der Waals surface area (Å²) in [5, 5.41) is 11.6. The van der Waals surface area contributed by atoms with E-state index in [1.165, 1.54) is 4.31 Å². The Hall–Kier alpha value is -3.05. The Morgan fingerprint density at radius 3 is 2.30 bits per heavy atom. The predicted octanol–water partition coefficient (Wildman–Crippen LogP) is 1.69. The maximum Gasteiger partial charge on any atom is 0.232 e. The lowest BCUT2D eigenvalue weighted by Crippen LogP contribution is -2.38. The topological polar surface area (TPSA) is 99.5 Å². The number of hydrogen-bond acceptors (Lipinski definition) is 5. The molecule has 0 heterocycles. The Bertz CT molecular complexity index is 917. The van der Waals surface area contributed by atoms with Gasteiger partial charge in [-0.3, -0.25) is 9.10 Å². The third kappa shape index (κ3) is 6.01. The average molecular weight is 387 g/mol. The molecule has 27 heavy (non-hydrogen) atoms. The number of amides is 1. The molecule has 1 amide bonds. The van der Waals surface area contributed by atoms with Crippen LogP contribution >= 0.6 is 0 Å². The highest BCUT2D eigenvalue weighted by atomic mass is 32.2. The maximum atomic E-state index is 12.1. The molecule has 0 aliphatic carbocycles. The van der Waals surface area contributed by atoms with E-state index in [-0.39, 0.29) is 25.4 Å². The Kier molecular flexibility index (Phi) is 6.79. The summed E-state index contributed by atoms with van der Waals surface area (Å²) in [4.78, 5) is 12.1. The summed E-state index contributed by atoms with van der Waals surface area (Å²) < 4.78 is 30.4. The molecule has 142 valence electrons. The van der Waals surface area contributed by atoms with Gasteiger partial charge < -0.3 is 10.1 Å². The molecule has 2 rings (SSSR count). The van der Waals surface area contributed by atoms with Crippen molar-refractivity contribution in [2.45, 2.75) is 6.42 Å². The van der Waals surface area contributed by atoms with Crippen molar-refractivity contribution in [1.29, 1.82) is 5.26 Å². The molecule has 0 atom stereocenters. The second-order valence-electron chi connectivity index (χ2n) is 5.87. The summed E-state index contributed by atoms with van der Waals surface area (Å²) in [5.41, 5.74) is 1.72. The molecule has 0 radical (unpaired) electrons. The first-order valence-electron chi connectivity index (χ1n) is 8.21. The Morgan fingerprint density at radius 2 is 1.78 bits per heavy atom. The van der Waals surface area contributed by atoms with Gasteiger partial charge in [0.1, 0.15) is 5.75 Å². The molecule has 2 aromatic rings. The smallest absolute Gasteiger partial charge is 0.232 e.